The quantitative estimate of drug-likeness (QED) is 0.711. The average Bonchev–Trinajstić information content (AvgIpc) is 2.83. The predicted octanol–water partition coefficient (Wildman–Crippen LogP) is 2.57. The van der Waals surface area contributed by atoms with Crippen LogP contribution >= 0.6 is 11.8 Å². The third-order valence-electron chi connectivity index (χ3n) is 5.71. The number of piperidine rings is 1. The molecule has 2 fully saturated rings. The van der Waals surface area contributed by atoms with E-state index in [1.54, 1.807) is 11.8 Å². The van der Waals surface area contributed by atoms with Crippen LogP contribution in [0.3, 0.4) is 0 Å². The molecule has 0 saturated carbocycles. The first-order chi connectivity index (χ1) is 14.7. The number of carbonyl (C=O) groups is 1. The lowest BCUT2D eigenvalue weighted by atomic mass is 9.97. The topological polar surface area (TPSA) is 70.6 Å². The minimum Gasteiger partial charge on any atom is -0.378 e. The van der Waals surface area contributed by atoms with E-state index in [0.717, 1.165) is 62.9 Å². The minimum atomic E-state index is -0.0232. The summed E-state index contributed by atoms with van der Waals surface area (Å²) in [6.45, 7) is 5.31. The van der Waals surface area contributed by atoms with E-state index >= 15 is 0 Å². The fourth-order valence-electron chi connectivity index (χ4n) is 3.92. The lowest BCUT2D eigenvalue weighted by molar-refractivity contribution is -0.125. The molecule has 2 aliphatic heterocycles. The molecule has 1 amide bonds. The Bertz CT molecular complexity index is 824. The van der Waals surface area contributed by atoms with Crippen molar-refractivity contribution in [3.63, 3.8) is 0 Å². The summed E-state index contributed by atoms with van der Waals surface area (Å²) in [5, 5.41) is 12.0. The molecule has 1 aromatic heterocycles. The summed E-state index contributed by atoms with van der Waals surface area (Å²) in [5.74, 6) is 1.83. The Hall–Kier alpha value is -2.32. The fourth-order valence-corrected chi connectivity index (χ4v) is 4.33. The van der Waals surface area contributed by atoms with Crippen LogP contribution in [0.2, 0.25) is 0 Å². The van der Waals surface area contributed by atoms with Crippen molar-refractivity contribution < 1.29 is 9.53 Å². The monoisotopic (exact) mass is 427 g/mol. The molecule has 1 aromatic carbocycles. The first-order valence-electron chi connectivity index (χ1n) is 10.5. The Balaban J connectivity index is 1.31. The standard InChI is InChI=1S/C22H29N5O2S/c1-30-19-6-4-17(5-7-19)15-23-22(28)18-3-2-10-27(16-18)21-9-8-20(24-25-21)26-11-13-29-14-12-26/h4-9,18H,2-3,10-16H2,1H3,(H,23,28). The molecule has 2 saturated heterocycles. The Morgan fingerprint density at radius 1 is 1.07 bits per heavy atom. The molecule has 8 heteroatoms. The van der Waals surface area contributed by atoms with Crippen LogP contribution in [-0.2, 0) is 16.1 Å². The van der Waals surface area contributed by atoms with E-state index in [1.807, 2.05) is 12.1 Å². The number of anilines is 2. The number of amides is 1. The van der Waals surface area contributed by atoms with Crippen LogP contribution in [0.4, 0.5) is 11.6 Å². The van der Waals surface area contributed by atoms with Crippen LogP contribution in [0.25, 0.3) is 0 Å². The number of thioether (sulfide) groups is 1. The minimum absolute atomic E-state index is 0.0232. The normalized spacial score (nSPS) is 19.6. The van der Waals surface area contributed by atoms with Crippen molar-refractivity contribution in [3.8, 4) is 0 Å². The van der Waals surface area contributed by atoms with Crippen molar-refractivity contribution >= 4 is 29.3 Å². The summed E-state index contributed by atoms with van der Waals surface area (Å²) >= 11 is 1.72. The van der Waals surface area contributed by atoms with Crippen LogP contribution in [0, 0.1) is 5.92 Å². The molecular weight excluding hydrogens is 398 g/mol. The van der Waals surface area contributed by atoms with Gasteiger partial charge in [0, 0.05) is 37.6 Å². The SMILES string of the molecule is CSc1ccc(CNC(=O)C2CCCN(c3ccc(N4CCOCC4)nn3)C2)cc1. The number of aromatic nitrogens is 2. The molecule has 1 N–H and O–H groups in total. The number of ether oxygens (including phenoxy) is 1. The highest BCUT2D eigenvalue weighted by molar-refractivity contribution is 7.98. The van der Waals surface area contributed by atoms with E-state index in [9.17, 15) is 4.79 Å². The second-order valence-corrected chi connectivity index (χ2v) is 8.58. The Morgan fingerprint density at radius 3 is 2.43 bits per heavy atom. The Labute approximate surface area is 182 Å². The van der Waals surface area contributed by atoms with Crippen LogP contribution in [-0.4, -0.2) is 61.8 Å². The van der Waals surface area contributed by atoms with E-state index in [1.165, 1.54) is 4.90 Å². The van der Waals surface area contributed by atoms with Gasteiger partial charge in [0.1, 0.15) is 0 Å². The van der Waals surface area contributed by atoms with Crippen LogP contribution in [0.1, 0.15) is 18.4 Å². The number of benzene rings is 1. The number of hydrogen-bond acceptors (Lipinski definition) is 7. The molecule has 2 aliphatic rings. The smallest absolute Gasteiger partial charge is 0.225 e. The zero-order valence-corrected chi connectivity index (χ0v) is 18.2. The van der Waals surface area contributed by atoms with Crippen LogP contribution in [0.5, 0.6) is 0 Å². The summed E-state index contributed by atoms with van der Waals surface area (Å²) in [5.41, 5.74) is 1.12. The molecule has 1 atom stereocenters. The molecule has 0 bridgehead atoms. The summed E-state index contributed by atoms with van der Waals surface area (Å²) in [6, 6.07) is 12.4. The van der Waals surface area contributed by atoms with Crippen molar-refractivity contribution in [3.05, 3.63) is 42.0 Å². The third kappa shape index (κ3) is 5.23. The van der Waals surface area contributed by atoms with Gasteiger partial charge in [-0.05, 0) is 48.9 Å². The Morgan fingerprint density at radius 2 is 1.77 bits per heavy atom. The second kappa shape index (κ2) is 10.1. The van der Waals surface area contributed by atoms with Gasteiger partial charge in [-0.15, -0.1) is 22.0 Å². The fraction of sp³-hybridized carbons (Fsp3) is 0.500. The van der Waals surface area contributed by atoms with Crippen LogP contribution < -0.4 is 15.1 Å². The lowest BCUT2D eigenvalue weighted by Crippen LogP contribution is -2.43. The highest BCUT2D eigenvalue weighted by Crippen LogP contribution is 2.23. The predicted molar refractivity (Wildman–Crippen MR) is 120 cm³/mol. The van der Waals surface area contributed by atoms with E-state index in [2.05, 4.69) is 55.8 Å². The van der Waals surface area contributed by atoms with Crippen molar-refractivity contribution in [2.45, 2.75) is 24.3 Å². The highest BCUT2D eigenvalue weighted by atomic mass is 32.2. The van der Waals surface area contributed by atoms with Gasteiger partial charge in [-0.2, -0.15) is 0 Å². The zero-order valence-electron chi connectivity index (χ0n) is 17.4. The molecule has 3 heterocycles. The summed E-state index contributed by atoms with van der Waals surface area (Å²) in [6.07, 6.45) is 3.95. The van der Waals surface area contributed by atoms with Gasteiger partial charge in [-0.25, -0.2) is 0 Å². The van der Waals surface area contributed by atoms with Crippen molar-refractivity contribution in [2.24, 2.45) is 5.92 Å². The maximum atomic E-state index is 12.7. The largest absolute Gasteiger partial charge is 0.378 e. The average molecular weight is 428 g/mol. The van der Waals surface area contributed by atoms with E-state index in [4.69, 9.17) is 4.74 Å². The van der Waals surface area contributed by atoms with Crippen molar-refractivity contribution in [2.75, 3.05) is 55.4 Å². The van der Waals surface area contributed by atoms with E-state index < -0.39 is 0 Å². The second-order valence-electron chi connectivity index (χ2n) is 7.70. The number of rotatable bonds is 6. The lowest BCUT2D eigenvalue weighted by Gasteiger charge is -2.33. The molecule has 7 nitrogen and oxygen atoms in total. The molecule has 160 valence electrons. The first-order valence-corrected chi connectivity index (χ1v) is 11.8. The zero-order chi connectivity index (χ0) is 20.8. The maximum absolute atomic E-state index is 12.7. The summed E-state index contributed by atoms with van der Waals surface area (Å²) in [4.78, 5) is 18.3. The van der Waals surface area contributed by atoms with Gasteiger partial charge >= 0.3 is 0 Å². The molecule has 0 aliphatic carbocycles. The van der Waals surface area contributed by atoms with Gasteiger partial charge in [0.25, 0.3) is 0 Å². The van der Waals surface area contributed by atoms with Crippen molar-refractivity contribution in [1.82, 2.24) is 15.5 Å². The van der Waals surface area contributed by atoms with E-state index in [0.29, 0.717) is 13.1 Å². The van der Waals surface area contributed by atoms with Gasteiger partial charge in [-0.3, -0.25) is 4.79 Å². The van der Waals surface area contributed by atoms with Gasteiger partial charge in [0.05, 0.1) is 19.1 Å². The molecule has 0 spiro atoms. The van der Waals surface area contributed by atoms with Gasteiger partial charge in [0.15, 0.2) is 11.6 Å². The Kier molecular flexibility index (Phi) is 7.07. The number of hydrogen-bond donors (Lipinski definition) is 1. The maximum Gasteiger partial charge on any atom is 0.225 e. The number of nitrogens with zero attached hydrogens (tertiary/aromatic N) is 4. The highest BCUT2D eigenvalue weighted by Gasteiger charge is 2.26. The van der Waals surface area contributed by atoms with E-state index in [-0.39, 0.29) is 11.8 Å². The number of nitrogens with one attached hydrogen (secondary N) is 1. The molecule has 0 radical (unpaired) electrons. The van der Waals surface area contributed by atoms with Gasteiger partial charge in [0.2, 0.25) is 5.91 Å². The first kappa shape index (κ1) is 20.9. The molecule has 2 aromatic rings. The molecule has 1 unspecified atom stereocenters. The number of morpholine rings is 1. The summed E-state index contributed by atoms with van der Waals surface area (Å²) < 4.78 is 5.40. The third-order valence-corrected chi connectivity index (χ3v) is 6.46. The summed E-state index contributed by atoms with van der Waals surface area (Å²) in [7, 11) is 0. The van der Waals surface area contributed by atoms with Crippen molar-refractivity contribution in [1.29, 1.82) is 0 Å². The number of carbonyl (C=O) groups excluding carboxylic acids is 1. The molecule has 30 heavy (non-hydrogen) atoms. The van der Waals surface area contributed by atoms with Gasteiger partial charge < -0.3 is 19.9 Å². The molecule has 4 rings (SSSR count). The van der Waals surface area contributed by atoms with Gasteiger partial charge in [-0.1, -0.05) is 12.1 Å². The van der Waals surface area contributed by atoms with Crippen LogP contribution in [0.15, 0.2) is 41.3 Å². The molecular formula is C22H29N5O2S.